The molecule has 0 spiro atoms. The molecule has 0 N–H and O–H groups in total. The van der Waals surface area contributed by atoms with Crippen LogP contribution in [0, 0.1) is 19.7 Å². The van der Waals surface area contributed by atoms with Crippen molar-refractivity contribution < 1.29 is 23.5 Å². The van der Waals surface area contributed by atoms with Gasteiger partial charge >= 0.3 is 5.97 Å². The molecule has 2 aromatic carbocycles. The quantitative estimate of drug-likeness (QED) is 0.673. The Morgan fingerprint density at radius 3 is 2.33 bits per heavy atom. The van der Waals surface area contributed by atoms with Crippen LogP contribution in [-0.2, 0) is 20.9 Å². The second-order valence-corrected chi connectivity index (χ2v) is 6.53. The number of likely N-dealkylation sites (N-methyl/N-ethyl adjacent to an activating group) is 1. The number of amides is 1. The zero-order valence-electron chi connectivity index (χ0n) is 15.4. The Morgan fingerprint density at radius 2 is 1.70 bits per heavy atom. The lowest BCUT2D eigenvalue weighted by Gasteiger charge is -2.18. The molecule has 0 aliphatic rings. The average molecular weight is 394 g/mol. The molecule has 0 saturated carbocycles. The van der Waals surface area contributed by atoms with E-state index in [1.165, 1.54) is 24.1 Å². The molecule has 0 aliphatic heterocycles. The minimum Gasteiger partial charge on any atom is -0.481 e. The number of hydrogen-bond acceptors (Lipinski definition) is 4. The van der Waals surface area contributed by atoms with Crippen LogP contribution >= 0.6 is 11.6 Å². The van der Waals surface area contributed by atoms with Gasteiger partial charge in [0, 0.05) is 24.2 Å². The maximum absolute atomic E-state index is 13.8. The van der Waals surface area contributed by atoms with Crippen molar-refractivity contribution in [1.29, 1.82) is 0 Å². The van der Waals surface area contributed by atoms with E-state index in [0.29, 0.717) is 5.75 Å². The molecule has 0 radical (unpaired) electrons. The van der Waals surface area contributed by atoms with Gasteiger partial charge in [-0.15, -0.1) is 0 Å². The minimum atomic E-state index is -0.664. The summed E-state index contributed by atoms with van der Waals surface area (Å²) in [6.45, 7) is 2.96. The van der Waals surface area contributed by atoms with Gasteiger partial charge in [-0.05, 0) is 37.1 Å². The summed E-state index contributed by atoms with van der Waals surface area (Å²) in [5.74, 6) is -1.02. The summed E-state index contributed by atoms with van der Waals surface area (Å²) in [7, 11) is 1.48. The van der Waals surface area contributed by atoms with Gasteiger partial charge in [-0.1, -0.05) is 35.9 Å². The minimum absolute atomic E-state index is 0.0270. The fourth-order valence-corrected chi connectivity index (χ4v) is 2.68. The third-order valence-electron chi connectivity index (χ3n) is 3.98. The third-order valence-corrected chi connectivity index (χ3v) is 4.34. The van der Waals surface area contributed by atoms with Gasteiger partial charge in [-0.25, -0.2) is 9.18 Å². The van der Waals surface area contributed by atoms with Crippen molar-refractivity contribution >= 4 is 23.5 Å². The largest absolute Gasteiger partial charge is 0.481 e. The summed E-state index contributed by atoms with van der Waals surface area (Å²) in [5, 5.41) is 0.230. The van der Waals surface area contributed by atoms with Crippen molar-refractivity contribution in [2.45, 2.75) is 20.4 Å². The summed E-state index contributed by atoms with van der Waals surface area (Å²) in [6, 6.07) is 9.95. The fraction of sp³-hybridized carbons (Fsp3) is 0.300. The number of nitrogens with zero attached hydrogens (tertiary/aromatic N) is 1. The highest BCUT2D eigenvalue weighted by Crippen LogP contribution is 2.22. The van der Waals surface area contributed by atoms with Crippen molar-refractivity contribution in [3.8, 4) is 5.75 Å². The molecule has 0 saturated heterocycles. The Morgan fingerprint density at radius 1 is 1.07 bits per heavy atom. The first kappa shape index (κ1) is 20.7. The van der Waals surface area contributed by atoms with Crippen LogP contribution in [0.5, 0.6) is 5.75 Å². The first-order chi connectivity index (χ1) is 12.8. The van der Waals surface area contributed by atoms with Crippen molar-refractivity contribution in [3.63, 3.8) is 0 Å². The molecule has 1 amide bonds. The molecule has 0 aromatic heterocycles. The normalized spacial score (nSPS) is 10.4. The van der Waals surface area contributed by atoms with Crippen LogP contribution < -0.4 is 4.74 Å². The van der Waals surface area contributed by atoms with E-state index in [2.05, 4.69) is 0 Å². The van der Waals surface area contributed by atoms with E-state index in [-0.39, 0.29) is 23.7 Å². The number of halogens is 2. The van der Waals surface area contributed by atoms with Gasteiger partial charge in [0.1, 0.15) is 11.6 Å². The third kappa shape index (κ3) is 5.69. The van der Waals surface area contributed by atoms with Crippen molar-refractivity contribution in [3.05, 3.63) is 63.9 Å². The van der Waals surface area contributed by atoms with E-state index in [0.717, 1.165) is 11.1 Å². The van der Waals surface area contributed by atoms with Gasteiger partial charge < -0.3 is 14.4 Å². The molecular weight excluding hydrogens is 373 g/mol. The summed E-state index contributed by atoms with van der Waals surface area (Å²) in [5.41, 5.74) is 2.01. The molecule has 0 aliphatic carbocycles. The number of aryl methyl sites for hydroxylation is 2. The summed E-state index contributed by atoms with van der Waals surface area (Å²) < 4.78 is 24.2. The Bertz CT molecular complexity index is 800. The predicted octanol–water partition coefficient (Wildman–Crippen LogP) is 3.68. The Kier molecular flexibility index (Phi) is 7.19. The van der Waals surface area contributed by atoms with Crippen LogP contribution in [0.25, 0.3) is 0 Å². The lowest BCUT2D eigenvalue weighted by molar-refractivity contribution is -0.153. The van der Waals surface area contributed by atoms with Gasteiger partial charge in [-0.2, -0.15) is 0 Å². The predicted molar refractivity (Wildman–Crippen MR) is 100 cm³/mol. The molecule has 0 fully saturated rings. The molecule has 144 valence electrons. The second kappa shape index (κ2) is 9.37. The van der Waals surface area contributed by atoms with Gasteiger partial charge in [0.2, 0.25) is 0 Å². The van der Waals surface area contributed by atoms with Crippen molar-refractivity contribution in [2.75, 3.05) is 20.3 Å². The average Bonchev–Trinajstić information content (AvgIpc) is 2.62. The Hall–Kier alpha value is -2.60. The zero-order chi connectivity index (χ0) is 20.0. The number of esters is 1. The smallest absolute Gasteiger partial charge is 0.344 e. The fourth-order valence-electron chi connectivity index (χ4n) is 2.46. The number of carbonyl (C=O) groups is 2. The molecule has 0 atom stereocenters. The molecule has 2 rings (SSSR count). The van der Waals surface area contributed by atoms with Crippen molar-refractivity contribution in [2.24, 2.45) is 0 Å². The lowest BCUT2D eigenvalue weighted by Crippen LogP contribution is -2.32. The number of carbonyl (C=O) groups excluding carboxylic acids is 2. The zero-order valence-corrected chi connectivity index (χ0v) is 16.2. The SMILES string of the molecule is Cc1cccc(C)c1OCC(=O)OCC(=O)N(C)Cc1c(F)cccc1Cl. The van der Waals surface area contributed by atoms with Crippen LogP contribution in [0.1, 0.15) is 16.7 Å². The Labute approximate surface area is 162 Å². The number of para-hydroxylation sites is 1. The number of benzene rings is 2. The molecule has 0 unspecified atom stereocenters. The molecule has 27 heavy (non-hydrogen) atoms. The highest BCUT2D eigenvalue weighted by atomic mass is 35.5. The van der Waals surface area contributed by atoms with E-state index < -0.39 is 24.3 Å². The number of ether oxygens (including phenoxy) is 2. The van der Waals surface area contributed by atoms with Crippen LogP contribution in [-0.4, -0.2) is 37.0 Å². The first-order valence-corrected chi connectivity index (χ1v) is 8.69. The topological polar surface area (TPSA) is 55.8 Å². The summed E-state index contributed by atoms with van der Waals surface area (Å²) in [4.78, 5) is 25.2. The van der Waals surface area contributed by atoms with Crippen LogP contribution in [0.2, 0.25) is 5.02 Å². The molecule has 0 heterocycles. The van der Waals surface area contributed by atoms with Gasteiger partial charge in [0.15, 0.2) is 13.2 Å². The van der Waals surface area contributed by atoms with E-state index >= 15 is 0 Å². The molecule has 2 aromatic rings. The molecule has 5 nitrogen and oxygen atoms in total. The summed E-state index contributed by atoms with van der Waals surface area (Å²) >= 11 is 5.95. The standard InChI is InChI=1S/C20H21ClFNO4/c1-13-6-4-7-14(2)20(13)27-12-19(25)26-11-18(24)23(3)10-15-16(21)8-5-9-17(15)22/h4-9H,10-12H2,1-3H3. The molecule has 0 bridgehead atoms. The first-order valence-electron chi connectivity index (χ1n) is 8.31. The maximum atomic E-state index is 13.8. The lowest BCUT2D eigenvalue weighted by atomic mass is 10.1. The summed E-state index contributed by atoms with van der Waals surface area (Å²) in [6.07, 6.45) is 0. The number of hydrogen-bond donors (Lipinski definition) is 0. The van der Waals surface area contributed by atoms with Gasteiger partial charge in [-0.3, -0.25) is 4.79 Å². The highest BCUT2D eigenvalue weighted by Gasteiger charge is 2.16. The van der Waals surface area contributed by atoms with Crippen LogP contribution in [0.3, 0.4) is 0 Å². The molecule has 7 heteroatoms. The number of rotatable bonds is 7. The second-order valence-electron chi connectivity index (χ2n) is 6.12. The maximum Gasteiger partial charge on any atom is 0.344 e. The monoisotopic (exact) mass is 393 g/mol. The molecular formula is C20H21ClFNO4. The van der Waals surface area contributed by atoms with Gasteiger partial charge in [0.05, 0.1) is 0 Å². The van der Waals surface area contributed by atoms with E-state index in [1.807, 2.05) is 32.0 Å². The van der Waals surface area contributed by atoms with Crippen LogP contribution in [0.15, 0.2) is 36.4 Å². The van der Waals surface area contributed by atoms with E-state index in [9.17, 15) is 14.0 Å². The van der Waals surface area contributed by atoms with Crippen LogP contribution in [0.4, 0.5) is 4.39 Å². The Balaban J connectivity index is 1.83. The van der Waals surface area contributed by atoms with Gasteiger partial charge in [0.25, 0.3) is 5.91 Å². The highest BCUT2D eigenvalue weighted by molar-refractivity contribution is 6.31. The van der Waals surface area contributed by atoms with E-state index in [4.69, 9.17) is 21.1 Å². The van der Waals surface area contributed by atoms with E-state index in [1.54, 1.807) is 6.07 Å². The van der Waals surface area contributed by atoms with Crippen molar-refractivity contribution in [1.82, 2.24) is 4.90 Å².